The van der Waals surface area contributed by atoms with Crippen LogP contribution in [0.15, 0.2) is 11.1 Å². The lowest BCUT2D eigenvalue weighted by molar-refractivity contribution is -0.119. The minimum absolute atomic E-state index is 0.0482. The number of anilines is 1. The average molecular weight is 352 g/mol. The third-order valence-electron chi connectivity index (χ3n) is 4.38. The van der Waals surface area contributed by atoms with Crippen molar-refractivity contribution in [3.05, 3.63) is 16.5 Å². The van der Waals surface area contributed by atoms with Crippen LogP contribution in [0.2, 0.25) is 0 Å². The maximum atomic E-state index is 12.2. The molecule has 3 rings (SSSR count). The quantitative estimate of drug-likeness (QED) is 0.802. The first-order chi connectivity index (χ1) is 11.2. The van der Waals surface area contributed by atoms with E-state index >= 15 is 0 Å². The van der Waals surface area contributed by atoms with E-state index in [9.17, 15) is 4.79 Å². The fraction of sp³-hybridized carbons (Fsp3) is 0.647. The Morgan fingerprint density at radius 1 is 1.39 bits per heavy atom. The Kier molecular flexibility index (Phi) is 5.64. The molecule has 0 radical (unpaired) electrons. The standard InChI is InChI=1S/C17H25N3OS2/c1-3-12-9-13-16(19-14(4-2)20-17(13)23-12)22-10-15(21)18-11-7-5-6-8-11/h9,11,16H,3-8,10H2,1-2H3,(H,18,21)(H,19,20)/t16-/m1/s1. The third kappa shape index (κ3) is 4.10. The van der Waals surface area contributed by atoms with Gasteiger partial charge in [0, 0.05) is 22.9 Å². The van der Waals surface area contributed by atoms with Gasteiger partial charge in [-0.3, -0.25) is 9.79 Å². The highest BCUT2D eigenvalue weighted by Gasteiger charge is 2.25. The zero-order valence-corrected chi connectivity index (χ0v) is 15.5. The van der Waals surface area contributed by atoms with Crippen molar-refractivity contribution >= 4 is 39.8 Å². The van der Waals surface area contributed by atoms with Gasteiger partial charge in [0.1, 0.15) is 16.2 Å². The zero-order valence-electron chi connectivity index (χ0n) is 13.9. The number of amidine groups is 1. The number of hydrogen-bond donors (Lipinski definition) is 2. The van der Waals surface area contributed by atoms with Crippen LogP contribution in [0.25, 0.3) is 0 Å². The lowest BCUT2D eigenvalue weighted by Gasteiger charge is -2.21. The van der Waals surface area contributed by atoms with Crippen LogP contribution in [0.3, 0.4) is 0 Å². The van der Waals surface area contributed by atoms with E-state index in [1.165, 1.54) is 28.3 Å². The van der Waals surface area contributed by atoms with E-state index in [0.29, 0.717) is 11.8 Å². The Morgan fingerprint density at radius 3 is 2.87 bits per heavy atom. The van der Waals surface area contributed by atoms with Gasteiger partial charge in [-0.25, -0.2) is 0 Å². The molecule has 1 fully saturated rings. The molecule has 1 aliphatic carbocycles. The highest BCUT2D eigenvalue weighted by atomic mass is 32.2. The van der Waals surface area contributed by atoms with Crippen LogP contribution in [0.5, 0.6) is 0 Å². The summed E-state index contributed by atoms with van der Waals surface area (Å²) in [6.45, 7) is 4.29. The highest BCUT2D eigenvalue weighted by Crippen LogP contribution is 2.43. The third-order valence-corrected chi connectivity index (χ3v) is 6.70. The molecule has 1 aliphatic heterocycles. The van der Waals surface area contributed by atoms with E-state index in [1.54, 1.807) is 11.8 Å². The SMILES string of the molecule is CCC1=N[C@H](SCC(=O)NC2CCCC2)c2cc(CC)sc2N1. The Hall–Kier alpha value is -1.01. The zero-order chi connectivity index (χ0) is 16.2. The largest absolute Gasteiger partial charge is 0.353 e. The second-order valence-corrected chi connectivity index (χ2v) is 8.32. The van der Waals surface area contributed by atoms with E-state index < -0.39 is 0 Å². The van der Waals surface area contributed by atoms with Crippen molar-refractivity contribution in [2.24, 2.45) is 4.99 Å². The van der Waals surface area contributed by atoms with E-state index in [4.69, 9.17) is 4.99 Å². The lowest BCUT2D eigenvalue weighted by Crippen LogP contribution is -2.34. The first-order valence-corrected chi connectivity index (χ1v) is 10.4. The van der Waals surface area contributed by atoms with Crippen LogP contribution in [0, 0.1) is 0 Å². The van der Waals surface area contributed by atoms with Gasteiger partial charge in [0.2, 0.25) is 5.91 Å². The van der Waals surface area contributed by atoms with Gasteiger partial charge >= 0.3 is 0 Å². The predicted octanol–water partition coefficient (Wildman–Crippen LogP) is 4.34. The number of rotatable bonds is 6. The average Bonchev–Trinajstić information content (AvgIpc) is 3.21. The lowest BCUT2D eigenvalue weighted by atomic mass is 10.2. The monoisotopic (exact) mass is 351 g/mol. The molecule has 1 atom stereocenters. The Morgan fingerprint density at radius 2 is 2.17 bits per heavy atom. The van der Waals surface area contributed by atoms with Gasteiger partial charge in [-0.2, -0.15) is 0 Å². The van der Waals surface area contributed by atoms with Crippen molar-refractivity contribution in [1.29, 1.82) is 0 Å². The molecule has 1 aromatic rings. The minimum Gasteiger partial charge on any atom is -0.353 e. The number of thioether (sulfide) groups is 1. The molecule has 23 heavy (non-hydrogen) atoms. The number of fused-ring (bicyclic) bond motifs is 1. The summed E-state index contributed by atoms with van der Waals surface area (Å²) in [5, 5.41) is 7.85. The van der Waals surface area contributed by atoms with Gasteiger partial charge in [-0.1, -0.05) is 26.7 Å². The Bertz CT molecular complexity index is 591. The summed E-state index contributed by atoms with van der Waals surface area (Å²) in [6.07, 6.45) is 6.69. The smallest absolute Gasteiger partial charge is 0.230 e. The molecule has 0 spiro atoms. The van der Waals surface area contributed by atoms with Gasteiger partial charge in [0.05, 0.1) is 5.75 Å². The molecule has 1 amide bonds. The second kappa shape index (κ2) is 7.71. The van der Waals surface area contributed by atoms with Gasteiger partial charge < -0.3 is 10.6 Å². The fourth-order valence-corrected chi connectivity index (χ4v) is 5.17. The Labute approximate surface area is 146 Å². The van der Waals surface area contributed by atoms with Gasteiger partial charge in [0.15, 0.2) is 0 Å². The number of carbonyl (C=O) groups excluding carboxylic acids is 1. The molecule has 0 bridgehead atoms. The molecule has 126 valence electrons. The summed E-state index contributed by atoms with van der Waals surface area (Å²) in [5.74, 6) is 1.66. The molecule has 0 unspecified atom stereocenters. The van der Waals surface area contributed by atoms with E-state index in [1.807, 2.05) is 11.3 Å². The van der Waals surface area contributed by atoms with E-state index in [2.05, 4.69) is 30.5 Å². The minimum atomic E-state index is 0.0482. The van der Waals surface area contributed by atoms with Gasteiger partial charge in [-0.15, -0.1) is 23.1 Å². The number of aliphatic imine (C=N–C) groups is 1. The van der Waals surface area contributed by atoms with Crippen molar-refractivity contribution in [2.75, 3.05) is 11.1 Å². The van der Waals surface area contributed by atoms with Crippen LogP contribution in [-0.2, 0) is 11.2 Å². The van der Waals surface area contributed by atoms with Crippen molar-refractivity contribution in [1.82, 2.24) is 5.32 Å². The summed E-state index contributed by atoms with van der Waals surface area (Å²) in [4.78, 5) is 18.3. The van der Waals surface area contributed by atoms with E-state index in [-0.39, 0.29) is 11.3 Å². The molecule has 2 heterocycles. The summed E-state index contributed by atoms with van der Waals surface area (Å²) in [6, 6.07) is 2.64. The van der Waals surface area contributed by atoms with Crippen LogP contribution in [0.4, 0.5) is 5.00 Å². The van der Waals surface area contributed by atoms with Crippen LogP contribution in [0.1, 0.15) is 61.8 Å². The van der Waals surface area contributed by atoms with Crippen molar-refractivity contribution in [3.63, 3.8) is 0 Å². The molecule has 4 nitrogen and oxygen atoms in total. The maximum Gasteiger partial charge on any atom is 0.230 e. The number of thiophene rings is 1. The first kappa shape index (κ1) is 16.8. The van der Waals surface area contributed by atoms with Crippen LogP contribution < -0.4 is 10.6 Å². The van der Waals surface area contributed by atoms with E-state index in [0.717, 1.165) is 31.5 Å². The van der Waals surface area contributed by atoms with Crippen LogP contribution in [-0.4, -0.2) is 23.5 Å². The highest BCUT2D eigenvalue weighted by molar-refractivity contribution is 8.00. The molecule has 1 aromatic heterocycles. The summed E-state index contributed by atoms with van der Waals surface area (Å²) in [7, 11) is 0. The molecule has 0 aromatic carbocycles. The number of nitrogens with zero attached hydrogens (tertiary/aromatic N) is 1. The fourth-order valence-electron chi connectivity index (χ4n) is 3.09. The summed E-state index contributed by atoms with van der Waals surface area (Å²) >= 11 is 3.45. The predicted molar refractivity (Wildman–Crippen MR) is 101 cm³/mol. The first-order valence-electron chi connectivity index (χ1n) is 8.56. The molecular formula is C17H25N3OS2. The van der Waals surface area contributed by atoms with Crippen molar-refractivity contribution in [2.45, 2.75) is 63.8 Å². The molecule has 2 aliphatic rings. The summed E-state index contributed by atoms with van der Waals surface area (Å²) in [5.41, 5.74) is 1.24. The maximum absolute atomic E-state index is 12.2. The van der Waals surface area contributed by atoms with Crippen molar-refractivity contribution < 1.29 is 4.79 Å². The molecular weight excluding hydrogens is 326 g/mol. The molecule has 6 heteroatoms. The van der Waals surface area contributed by atoms with Crippen LogP contribution >= 0.6 is 23.1 Å². The second-order valence-electron chi connectivity index (χ2n) is 6.12. The topological polar surface area (TPSA) is 53.5 Å². The number of carbonyl (C=O) groups is 1. The van der Waals surface area contributed by atoms with Gasteiger partial charge in [-0.05, 0) is 25.3 Å². The number of nitrogens with one attached hydrogen (secondary N) is 2. The van der Waals surface area contributed by atoms with Crippen molar-refractivity contribution in [3.8, 4) is 0 Å². The molecule has 1 saturated carbocycles. The van der Waals surface area contributed by atoms with Gasteiger partial charge in [0.25, 0.3) is 0 Å². The normalized spacial score (nSPS) is 20.8. The number of aryl methyl sites for hydroxylation is 1. The summed E-state index contributed by atoms with van der Waals surface area (Å²) < 4.78 is 0. The Balaban J connectivity index is 1.62. The molecule has 0 saturated heterocycles. The number of amides is 1. The molecule has 2 N–H and O–H groups in total. The number of hydrogen-bond acceptors (Lipinski definition) is 5.